The van der Waals surface area contributed by atoms with E-state index in [4.69, 9.17) is 4.74 Å². The van der Waals surface area contributed by atoms with Crippen LogP contribution in [-0.2, 0) is 20.9 Å². The number of amides is 2. The van der Waals surface area contributed by atoms with Crippen molar-refractivity contribution in [3.8, 4) is 0 Å². The van der Waals surface area contributed by atoms with Gasteiger partial charge in [-0.15, -0.1) is 0 Å². The Morgan fingerprint density at radius 3 is 2.52 bits per heavy atom. The number of carboxylic acid groups (broad SMARTS) is 1. The Morgan fingerprint density at radius 1 is 1.20 bits per heavy atom. The van der Waals surface area contributed by atoms with E-state index in [1.54, 1.807) is 0 Å². The molecule has 2 N–H and O–H groups in total. The fourth-order valence-corrected chi connectivity index (χ4v) is 3.30. The molecule has 0 bridgehead atoms. The summed E-state index contributed by atoms with van der Waals surface area (Å²) in [6.45, 7) is 0.579. The van der Waals surface area contributed by atoms with Crippen LogP contribution in [0.3, 0.4) is 0 Å². The Balaban J connectivity index is 1.58. The monoisotopic (exact) mass is 346 g/mol. The van der Waals surface area contributed by atoms with E-state index in [2.05, 4.69) is 5.32 Å². The van der Waals surface area contributed by atoms with Crippen LogP contribution in [0.5, 0.6) is 0 Å². The molecule has 3 rings (SSSR count). The van der Waals surface area contributed by atoms with Crippen molar-refractivity contribution in [3.63, 3.8) is 0 Å². The number of likely N-dealkylation sites (tertiary alicyclic amines) is 1. The average Bonchev–Trinajstić information content (AvgIpc) is 3.06. The molecule has 0 spiro atoms. The highest BCUT2D eigenvalue weighted by atomic mass is 16.6. The van der Waals surface area contributed by atoms with E-state index in [-0.39, 0.29) is 6.61 Å². The van der Waals surface area contributed by atoms with E-state index < -0.39 is 29.6 Å². The van der Waals surface area contributed by atoms with Crippen molar-refractivity contribution in [2.45, 2.75) is 50.3 Å². The van der Waals surface area contributed by atoms with Crippen molar-refractivity contribution in [1.82, 2.24) is 10.2 Å². The van der Waals surface area contributed by atoms with Gasteiger partial charge in [0.2, 0.25) is 5.91 Å². The molecule has 1 saturated heterocycles. The molecule has 1 heterocycles. The molecule has 2 amide bonds. The predicted octanol–water partition coefficient (Wildman–Crippen LogP) is 1.91. The van der Waals surface area contributed by atoms with Gasteiger partial charge in [-0.05, 0) is 37.7 Å². The minimum Gasteiger partial charge on any atom is -0.480 e. The topological polar surface area (TPSA) is 95.9 Å². The van der Waals surface area contributed by atoms with E-state index in [1.165, 1.54) is 4.90 Å². The lowest BCUT2D eigenvalue weighted by Gasteiger charge is -2.39. The molecular formula is C18H22N2O5. The predicted molar refractivity (Wildman–Crippen MR) is 88.7 cm³/mol. The molecule has 7 nitrogen and oxygen atoms in total. The van der Waals surface area contributed by atoms with Crippen LogP contribution in [0.2, 0.25) is 0 Å². The number of benzene rings is 1. The third-order valence-corrected chi connectivity index (χ3v) is 4.97. The molecule has 7 heteroatoms. The summed E-state index contributed by atoms with van der Waals surface area (Å²) in [4.78, 5) is 37.7. The van der Waals surface area contributed by atoms with Crippen molar-refractivity contribution in [1.29, 1.82) is 0 Å². The summed E-state index contributed by atoms with van der Waals surface area (Å²) in [6, 6.07) is 8.65. The highest BCUT2D eigenvalue weighted by molar-refractivity contribution is 5.92. The van der Waals surface area contributed by atoms with E-state index in [0.717, 1.165) is 12.0 Å². The van der Waals surface area contributed by atoms with Crippen molar-refractivity contribution in [2.24, 2.45) is 0 Å². The lowest BCUT2D eigenvalue weighted by molar-refractivity contribution is -0.152. The Hall–Kier alpha value is -2.57. The van der Waals surface area contributed by atoms with Gasteiger partial charge in [-0.1, -0.05) is 30.3 Å². The molecule has 0 unspecified atom stereocenters. The molecule has 1 aliphatic heterocycles. The number of carbonyl (C=O) groups excluding carboxylic acids is 2. The maximum Gasteiger partial charge on any atom is 0.410 e. The Kier molecular flexibility index (Phi) is 4.92. The summed E-state index contributed by atoms with van der Waals surface area (Å²) < 4.78 is 5.30. The zero-order valence-electron chi connectivity index (χ0n) is 13.9. The Labute approximate surface area is 146 Å². The average molecular weight is 346 g/mol. The highest BCUT2D eigenvalue weighted by Crippen LogP contribution is 2.33. The van der Waals surface area contributed by atoms with Crippen LogP contribution in [0.1, 0.15) is 37.7 Å². The molecule has 1 atom stereocenters. The van der Waals surface area contributed by atoms with E-state index >= 15 is 0 Å². The molecule has 25 heavy (non-hydrogen) atoms. The maximum atomic E-state index is 12.5. The number of hydrogen-bond acceptors (Lipinski definition) is 4. The second-order valence-electron chi connectivity index (χ2n) is 6.62. The van der Waals surface area contributed by atoms with Gasteiger partial charge in [0.25, 0.3) is 0 Å². The van der Waals surface area contributed by atoms with Gasteiger partial charge in [0, 0.05) is 6.54 Å². The Bertz CT molecular complexity index is 657. The molecule has 1 aromatic rings. The lowest BCUT2D eigenvalue weighted by atomic mass is 9.76. The first-order valence-corrected chi connectivity index (χ1v) is 8.55. The van der Waals surface area contributed by atoms with Crippen molar-refractivity contribution >= 4 is 18.0 Å². The first-order chi connectivity index (χ1) is 12.0. The van der Waals surface area contributed by atoms with E-state index in [1.807, 2.05) is 30.3 Å². The van der Waals surface area contributed by atoms with Crippen LogP contribution >= 0.6 is 0 Å². The van der Waals surface area contributed by atoms with Crippen molar-refractivity contribution < 1.29 is 24.2 Å². The van der Waals surface area contributed by atoms with Gasteiger partial charge in [0.1, 0.15) is 18.2 Å². The summed E-state index contributed by atoms with van der Waals surface area (Å²) in [5.41, 5.74) is -0.297. The number of aliphatic carboxylic acids is 1. The van der Waals surface area contributed by atoms with Gasteiger partial charge in [-0.3, -0.25) is 9.69 Å². The van der Waals surface area contributed by atoms with Crippen LogP contribution < -0.4 is 5.32 Å². The summed E-state index contributed by atoms with van der Waals surface area (Å²) in [7, 11) is 0. The molecule has 0 radical (unpaired) electrons. The zero-order valence-corrected chi connectivity index (χ0v) is 13.9. The standard InChI is InChI=1S/C18H22N2O5/c21-15(19-18(16(22)23)9-5-10-18)14-8-4-11-20(14)17(24)25-12-13-6-2-1-3-7-13/h1-3,6-7,14H,4-5,8-12H2,(H,19,21)(H,22,23)/t14-/m0/s1. The first kappa shape index (κ1) is 17.3. The number of nitrogens with zero attached hydrogens (tertiary/aromatic N) is 1. The number of hydrogen-bond donors (Lipinski definition) is 2. The minimum atomic E-state index is -1.17. The molecule has 0 aromatic heterocycles. The fourth-order valence-electron chi connectivity index (χ4n) is 3.30. The first-order valence-electron chi connectivity index (χ1n) is 8.55. The fraction of sp³-hybridized carbons (Fsp3) is 0.500. The molecule has 134 valence electrons. The van der Waals surface area contributed by atoms with E-state index in [0.29, 0.717) is 32.2 Å². The SMILES string of the molecule is O=C(NC1(C(=O)O)CCC1)[C@@H]1CCCN1C(=O)OCc1ccccc1. The normalized spacial score (nSPS) is 21.3. The third kappa shape index (κ3) is 3.60. The van der Waals surface area contributed by atoms with Gasteiger partial charge in [0.15, 0.2) is 0 Å². The van der Waals surface area contributed by atoms with Crippen molar-refractivity contribution in [2.75, 3.05) is 6.54 Å². The molecule has 1 aromatic carbocycles. The highest BCUT2D eigenvalue weighted by Gasteiger charge is 2.48. The molecule has 1 saturated carbocycles. The number of carboxylic acids is 1. The maximum absolute atomic E-state index is 12.5. The number of ether oxygens (including phenoxy) is 1. The van der Waals surface area contributed by atoms with Crippen LogP contribution in [0, 0.1) is 0 Å². The molecular weight excluding hydrogens is 324 g/mol. The van der Waals surface area contributed by atoms with Gasteiger partial charge in [0.05, 0.1) is 0 Å². The zero-order chi connectivity index (χ0) is 17.9. The number of rotatable bonds is 5. The van der Waals surface area contributed by atoms with Gasteiger partial charge in [-0.2, -0.15) is 0 Å². The lowest BCUT2D eigenvalue weighted by Crippen LogP contribution is -2.62. The van der Waals surface area contributed by atoms with E-state index in [9.17, 15) is 19.5 Å². The number of carbonyl (C=O) groups is 3. The second kappa shape index (κ2) is 7.13. The minimum absolute atomic E-state index is 0.142. The molecule has 1 aliphatic carbocycles. The van der Waals surface area contributed by atoms with Crippen LogP contribution in [0.25, 0.3) is 0 Å². The second-order valence-corrected chi connectivity index (χ2v) is 6.62. The van der Waals surface area contributed by atoms with Gasteiger partial charge >= 0.3 is 12.1 Å². The summed E-state index contributed by atoms with van der Waals surface area (Å²) in [6.07, 6.45) is 2.30. The summed E-state index contributed by atoms with van der Waals surface area (Å²) in [5.74, 6) is -1.42. The van der Waals surface area contributed by atoms with Gasteiger partial charge < -0.3 is 15.2 Å². The Morgan fingerprint density at radius 2 is 1.92 bits per heavy atom. The summed E-state index contributed by atoms with van der Waals surface area (Å²) in [5, 5.41) is 12.0. The smallest absolute Gasteiger partial charge is 0.410 e. The number of nitrogens with one attached hydrogen (secondary N) is 1. The van der Waals surface area contributed by atoms with Crippen LogP contribution in [0.4, 0.5) is 4.79 Å². The van der Waals surface area contributed by atoms with Crippen LogP contribution in [-0.4, -0.2) is 46.1 Å². The quantitative estimate of drug-likeness (QED) is 0.849. The third-order valence-electron chi connectivity index (χ3n) is 4.97. The van der Waals surface area contributed by atoms with Crippen LogP contribution in [0.15, 0.2) is 30.3 Å². The van der Waals surface area contributed by atoms with Gasteiger partial charge in [-0.25, -0.2) is 9.59 Å². The summed E-state index contributed by atoms with van der Waals surface area (Å²) >= 11 is 0. The molecule has 2 aliphatic rings. The van der Waals surface area contributed by atoms with Crippen molar-refractivity contribution in [3.05, 3.63) is 35.9 Å². The molecule has 2 fully saturated rings. The largest absolute Gasteiger partial charge is 0.480 e.